The number of aliphatic hydroxyl groups excluding tert-OH is 8. The van der Waals surface area contributed by atoms with E-state index < -0.39 is 86.8 Å². The van der Waals surface area contributed by atoms with Crippen molar-refractivity contribution >= 4 is 5.91 Å². The minimum atomic E-state index is -1.79. The molecule has 14 heteroatoms. The molecule has 9 N–H and O–H groups in total. The van der Waals surface area contributed by atoms with Crippen LogP contribution in [0.1, 0.15) is 277 Å². The van der Waals surface area contributed by atoms with Gasteiger partial charge in [0.25, 0.3) is 0 Å². The Kier molecular flexibility index (Phi) is 48.5. The van der Waals surface area contributed by atoms with E-state index in [0.29, 0.717) is 12.8 Å². The molecule has 0 radical (unpaired) electrons. The molecule has 12 atom stereocenters. The third-order valence-corrected chi connectivity index (χ3v) is 16.3. The first-order valence-electron chi connectivity index (χ1n) is 33.4. The minimum Gasteiger partial charge on any atom is -0.394 e. The Labute approximate surface area is 493 Å². The predicted molar refractivity (Wildman–Crippen MR) is 327 cm³/mol. The first-order valence-corrected chi connectivity index (χ1v) is 33.4. The number of unbranched alkanes of at least 4 members (excludes halogenated alkanes) is 33. The molecule has 2 aliphatic heterocycles. The lowest BCUT2D eigenvalue weighted by molar-refractivity contribution is -0.359. The monoisotopic (exact) mass is 1150 g/mol. The number of hydrogen-bond acceptors (Lipinski definition) is 13. The number of amides is 1. The minimum absolute atomic E-state index is 0.228. The zero-order chi connectivity index (χ0) is 58.8. The lowest BCUT2D eigenvalue weighted by Gasteiger charge is -2.46. The summed E-state index contributed by atoms with van der Waals surface area (Å²) in [6.45, 7) is 2.76. The summed E-state index contributed by atoms with van der Waals surface area (Å²) in [6.07, 6.45) is 49.9. The van der Waals surface area contributed by atoms with Gasteiger partial charge in [-0.15, -0.1) is 0 Å². The normalized spacial score (nSPS) is 24.4. The van der Waals surface area contributed by atoms with Gasteiger partial charge in [0.05, 0.1) is 32.0 Å². The molecule has 0 spiro atoms. The second-order valence-corrected chi connectivity index (χ2v) is 23.6. The van der Waals surface area contributed by atoms with Crippen LogP contribution in [0.3, 0.4) is 0 Å². The van der Waals surface area contributed by atoms with Gasteiger partial charge in [-0.25, -0.2) is 0 Å². The summed E-state index contributed by atoms with van der Waals surface area (Å²) in [5, 5.41) is 87.4. The predicted octanol–water partition coefficient (Wildman–Crippen LogP) is 12.7. The summed E-state index contributed by atoms with van der Waals surface area (Å²) < 4.78 is 22.9. The molecule has 0 aliphatic carbocycles. The van der Waals surface area contributed by atoms with Gasteiger partial charge in [0.1, 0.15) is 48.8 Å². The number of aliphatic hydroxyl groups is 8. The summed E-state index contributed by atoms with van der Waals surface area (Å²) in [5.41, 5.74) is 0. The average molecular weight is 1150 g/mol. The van der Waals surface area contributed by atoms with Crippen molar-refractivity contribution < 1.29 is 64.6 Å². The molecular formula is C67H123NO13. The summed E-state index contributed by atoms with van der Waals surface area (Å²) in [5.74, 6) is -0.228. The van der Waals surface area contributed by atoms with Crippen LogP contribution in [-0.2, 0) is 23.7 Å². The van der Waals surface area contributed by atoms with Crippen molar-refractivity contribution in [3.63, 3.8) is 0 Å². The molecule has 0 bridgehead atoms. The molecule has 14 nitrogen and oxygen atoms in total. The van der Waals surface area contributed by atoms with Crippen molar-refractivity contribution in [2.75, 3.05) is 19.8 Å². The van der Waals surface area contributed by atoms with Crippen LogP contribution in [0.2, 0.25) is 0 Å². The van der Waals surface area contributed by atoms with E-state index in [0.717, 1.165) is 77.0 Å². The van der Waals surface area contributed by atoms with E-state index in [1.807, 2.05) is 0 Å². The molecule has 1 amide bonds. The van der Waals surface area contributed by atoms with E-state index in [-0.39, 0.29) is 18.9 Å². The number of rotatable bonds is 54. The largest absolute Gasteiger partial charge is 0.394 e. The fourth-order valence-corrected chi connectivity index (χ4v) is 11.0. The zero-order valence-electron chi connectivity index (χ0n) is 51.3. The maximum Gasteiger partial charge on any atom is 0.220 e. The summed E-state index contributed by atoms with van der Waals surface area (Å²) in [4.78, 5) is 13.3. The van der Waals surface area contributed by atoms with E-state index >= 15 is 0 Å². The van der Waals surface area contributed by atoms with Crippen molar-refractivity contribution in [2.45, 2.75) is 351 Å². The Hall–Kier alpha value is -2.05. The Bertz CT molecular complexity index is 1540. The Balaban J connectivity index is 1.67. The van der Waals surface area contributed by atoms with Crippen LogP contribution in [0.25, 0.3) is 0 Å². The molecule has 2 rings (SSSR count). The van der Waals surface area contributed by atoms with E-state index in [2.05, 4.69) is 67.8 Å². The summed E-state index contributed by atoms with van der Waals surface area (Å²) in [7, 11) is 0. The van der Waals surface area contributed by atoms with Gasteiger partial charge in [0.15, 0.2) is 12.6 Å². The first kappa shape index (κ1) is 75.0. The van der Waals surface area contributed by atoms with Crippen LogP contribution in [0.4, 0.5) is 0 Å². The fourth-order valence-electron chi connectivity index (χ4n) is 11.0. The van der Waals surface area contributed by atoms with Gasteiger partial charge in [0.2, 0.25) is 5.91 Å². The standard InChI is InChI=1S/C67H123NO13/c1-3-5-7-9-11-13-15-17-19-21-22-23-24-25-26-27-28-29-30-31-32-33-35-36-38-40-42-44-46-48-50-56(71)55(68-59(72)51-49-47-45-43-41-39-37-34-20-18-16-14-12-10-8-6-4-2)54-78-66-64(77)62(75)65(58(53-70)80-66)81-67-63(76)61(74)60(73)57(52-69)79-67/h6,8,12,14,18,20,37,39,55-58,60-67,69-71,73-77H,3-5,7,9-11,13,15-17,19,21-36,38,40-54H2,1-2H3,(H,68,72)/b8-6-,14-12-,20-18-,39-37-. The highest BCUT2D eigenvalue weighted by Crippen LogP contribution is 2.30. The molecular weight excluding hydrogens is 1030 g/mol. The van der Waals surface area contributed by atoms with Crippen molar-refractivity contribution in [1.82, 2.24) is 5.32 Å². The third-order valence-electron chi connectivity index (χ3n) is 16.3. The van der Waals surface area contributed by atoms with E-state index in [1.165, 1.54) is 167 Å². The topological polar surface area (TPSA) is 228 Å². The van der Waals surface area contributed by atoms with E-state index in [1.54, 1.807) is 0 Å². The van der Waals surface area contributed by atoms with Crippen molar-refractivity contribution in [3.05, 3.63) is 48.6 Å². The van der Waals surface area contributed by atoms with Crippen LogP contribution in [0.5, 0.6) is 0 Å². The van der Waals surface area contributed by atoms with Gasteiger partial charge in [0, 0.05) is 6.42 Å². The highest BCUT2D eigenvalue weighted by Gasteiger charge is 2.51. The van der Waals surface area contributed by atoms with Crippen LogP contribution in [-0.4, -0.2) is 140 Å². The highest BCUT2D eigenvalue weighted by molar-refractivity contribution is 5.76. The molecule has 12 unspecified atom stereocenters. The molecule has 2 heterocycles. The van der Waals surface area contributed by atoms with Gasteiger partial charge in [-0.05, 0) is 51.4 Å². The molecule has 2 aliphatic rings. The molecule has 2 fully saturated rings. The Morgan fingerprint density at radius 1 is 0.457 bits per heavy atom. The first-order chi connectivity index (χ1) is 39.6. The molecule has 81 heavy (non-hydrogen) atoms. The van der Waals surface area contributed by atoms with Crippen LogP contribution in [0.15, 0.2) is 48.6 Å². The average Bonchev–Trinajstić information content (AvgIpc) is 3.47. The van der Waals surface area contributed by atoms with Crippen molar-refractivity contribution in [3.8, 4) is 0 Å². The van der Waals surface area contributed by atoms with Gasteiger partial charge >= 0.3 is 0 Å². The molecule has 0 aromatic carbocycles. The zero-order valence-corrected chi connectivity index (χ0v) is 51.3. The Morgan fingerprint density at radius 2 is 0.852 bits per heavy atom. The number of carbonyl (C=O) groups is 1. The third kappa shape index (κ3) is 37.2. The lowest BCUT2D eigenvalue weighted by atomic mass is 9.97. The van der Waals surface area contributed by atoms with Gasteiger partial charge in [-0.2, -0.15) is 0 Å². The second-order valence-electron chi connectivity index (χ2n) is 23.6. The maximum absolute atomic E-state index is 13.3. The fraction of sp³-hybridized carbons (Fsp3) is 0.866. The number of allylic oxidation sites excluding steroid dienone is 8. The van der Waals surface area contributed by atoms with Crippen LogP contribution in [0, 0.1) is 0 Å². The summed E-state index contributed by atoms with van der Waals surface area (Å²) >= 11 is 0. The van der Waals surface area contributed by atoms with Gasteiger partial charge < -0.3 is 65.1 Å². The lowest BCUT2D eigenvalue weighted by Crippen LogP contribution is -2.65. The van der Waals surface area contributed by atoms with E-state index in [9.17, 15) is 45.6 Å². The highest BCUT2D eigenvalue weighted by atomic mass is 16.7. The second kappa shape index (κ2) is 52.3. The van der Waals surface area contributed by atoms with Crippen LogP contribution >= 0.6 is 0 Å². The smallest absolute Gasteiger partial charge is 0.220 e. The quantitative estimate of drug-likeness (QED) is 0.0204. The maximum atomic E-state index is 13.3. The Morgan fingerprint density at radius 3 is 1.31 bits per heavy atom. The number of carbonyl (C=O) groups excluding carboxylic acids is 1. The van der Waals surface area contributed by atoms with Crippen LogP contribution < -0.4 is 5.32 Å². The number of ether oxygens (including phenoxy) is 4. The molecule has 474 valence electrons. The number of hydrogen-bond donors (Lipinski definition) is 9. The van der Waals surface area contributed by atoms with Crippen molar-refractivity contribution in [2.24, 2.45) is 0 Å². The number of nitrogens with one attached hydrogen (secondary N) is 1. The molecule has 0 aromatic heterocycles. The molecule has 0 saturated carbocycles. The molecule has 0 aromatic rings. The SMILES string of the molecule is CC/C=C\C/C=C\C/C=C\C/C=C\CCCCCCC(=O)NC(COC1OC(CO)C(OC2OC(CO)C(O)C(O)C2O)C(O)C1O)C(O)CCCCCCCCCCCCCCCCCCCCCCCCCCCCCCCC. The summed E-state index contributed by atoms with van der Waals surface area (Å²) in [6, 6.07) is -0.845. The van der Waals surface area contributed by atoms with Gasteiger partial charge in [-0.3, -0.25) is 4.79 Å². The van der Waals surface area contributed by atoms with E-state index in [4.69, 9.17) is 18.9 Å². The molecule has 2 saturated heterocycles. The van der Waals surface area contributed by atoms with Gasteiger partial charge in [-0.1, -0.05) is 268 Å². The van der Waals surface area contributed by atoms with Crippen molar-refractivity contribution in [1.29, 1.82) is 0 Å².